The Bertz CT molecular complexity index is 723. The molecule has 1 saturated carbocycles. The molecule has 1 saturated heterocycles. The highest BCUT2D eigenvalue weighted by atomic mass is 32.1. The van der Waals surface area contributed by atoms with Crippen LogP contribution in [-0.4, -0.2) is 58.1 Å². The molecule has 3 rings (SSSR count). The van der Waals surface area contributed by atoms with Gasteiger partial charge in [-0.25, -0.2) is 9.69 Å². The van der Waals surface area contributed by atoms with Gasteiger partial charge in [-0.1, -0.05) is 12.8 Å². The summed E-state index contributed by atoms with van der Waals surface area (Å²) in [5.41, 5.74) is 1.10. The molecular weight excluding hydrogens is 342 g/mol. The number of hydrogen-bond donors (Lipinski definition) is 0. The first-order valence-electron chi connectivity index (χ1n) is 8.36. The first-order valence-corrected chi connectivity index (χ1v) is 9.24. The van der Waals surface area contributed by atoms with E-state index in [9.17, 15) is 19.2 Å². The monoisotopic (exact) mass is 363 g/mol. The van der Waals surface area contributed by atoms with Crippen LogP contribution in [0.15, 0.2) is 11.4 Å². The molecule has 0 aromatic carbocycles. The Morgan fingerprint density at radius 2 is 1.92 bits per heavy atom. The van der Waals surface area contributed by atoms with Crippen LogP contribution in [0.3, 0.4) is 0 Å². The summed E-state index contributed by atoms with van der Waals surface area (Å²) in [5.74, 6) is -2.07. The number of rotatable bonds is 5. The van der Waals surface area contributed by atoms with E-state index in [0.717, 1.165) is 45.9 Å². The number of amides is 5. The van der Waals surface area contributed by atoms with E-state index < -0.39 is 24.4 Å². The molecule has 8 heteroatoms. The van der Waals surface area contributed by atoms with E-state index in [0.29, 0.717) is 6.54 Å². The molecule has 0 unspecified atom stereocenters. The van der Waals surface area contributed by atoms with Gasteiger partial charge in [-0.2, -0.15) is 0 Å². The maximum Gasteiger partial charge on any atom is 0.334 e. The predicted molar refractivity (Wildman–Crippen MR) is 91.7 cm³/mol. The lowest BCUT2D eigenvalue weighted by molar-refractivity contribution is -0.145. The fourth-order valence-corrected chi connectivity index (χ4v) is 4.23. The molecule has 1 aromatic rings. The van der Waals surface area contributed by atoms with Crippen LogP contribution in [0.5, 0.6) is 0 Å². The average molecular weight is 363 g/mol. The lowest BCUT2D eigenvalue weighted by Crippen LogP contribution is -2.43. The van der Waals surface area contributed by atoms with E-state index in [-0.39, 0.29) is 11.9 Å². The van der Waals surface area contributed by atoms with Crippen molar-refractivity contribution in [1.29, 1.82) is 0 Å². The van der Waals surface area contributed by atoms with Crippen LogP contribution in [0.2, 0.25) is 0 Å². The van der Waals surface area contributed by atoms with Gasteiger partial charge in [0, 0.05) is 18.0 Å². The Labute approximate surface area is 150 Å². The summed E-state index contributed by atoms with van der Waals surface area (Å²) in [4.78, 5) is 53.6. The lowest BCUT2D eigenvalue weighted by atomic mass is 10.2. The first kappa shape index (κ1) is 17.6. The minimum Gasteiger partial charge on any atom is -0.339 e. The summed E-state index contributed by atoms with van der Waals surface area (Å²) >= 11 is 1.55. The highest BCUT2D eigenvalue weighted by molar-refractivity contribution is 7.10. The van der Waals surface area contributed by atoms with Gasteiger partial charge in [0.05, 0.1) is 6.54 Å². The summed E-state index contributed by atoms with van der Waals surface area (Å²) in [6.07, 6.45) is 3.34. The number of imide groups is 2. The minimum atomic E-state index is -0.897. The number of hydrogen-bond acceptors (Lipinski definition) is 5. The number of urea groups is 1. The van der Waals surface area contributed by atoms with Gasteiger partial charge in [0.25, 0.3) is 0 Å². The number of aryl methyl sites for hydroxylation is 1. The minimum absolute atomic E-state index is 0.212. The smallest absolute Gasteiger partial charge is 0.334 e. The van der Waals surface area contributed by atoms with Crippen molar-refractivity contribution in [2.45, 2.75) is 45.2 Å². The van der Waals surface area contributed by atoms with Crippen LogP contribution in [0.1, 0.15) is 36.1 Å². The summed E-state index contributed by atoms with van der Waals surface area (Å²) in [6.45, 7) is 1.99. The molecule has 0 bridgehead atoms. The van der Waals surface area contributed by atoms with Crippen molar-refractivity contribution in [3.8, 4) is 0 Å². The zero-order valence-electron chi connectivity index (χ0n) is 14.4. The van der Waals surface area contributed by atoms with E-state index in [2.05, 4.69) is 0 Å². The third-order valence-corrected chi connectivity index (χ3v) is 5.85. The normalized spacial score (nSPS) is 18.6. The Kier molecular flexibility index (Phi) is 4.89. The number of carbonyl (C=O) groups excluding carboxylic acids is 4. The summed E-state index contributed by atoms with van der Waals surface area (Å²) < 4.78 is 0. The van der Waals surface area contributed by atoms with Crippen molar-refractivity contribution < 1.29 is 19.2 Å². The molecule has 25 heavy (non-hydrogen) atoms. The van der Waals surface area contributed by atoms with Gasteiger partial charge in [-0.3, -0.25) is 19.3 Å². The van der Waals surface area contributed by atoms with Crippen molar-refractivity contribution >= 4 is 35.1 Å². The van der Waals surface area contributed by atoms with Crippen molar-refractivity contribution in [3.63, 3.8) is 0 Å². The Balaban J connectivity index is 1.66. The van der Waals surface area contributed by atoms with Crippen molar-refractivity contribution in [2.24, 2.45) is 0 Å². The van der Waals surface area contributed by atoms with Gasteiger partial charge in [0.15, 0.2) is 0 Å². The number of carbonyl (C=O) groups is 4. The number of thiophene rings is 1. The van der Waals surface area contributed by atoms with Gasteiger partial charge in [0.1, 0.15) is 6.54 Å². The molecule has 0 atom stereocenters. The molecule has 1 aromatic heterocycles. The van der Waals surface area contributed by atoms with Crippen LogP contribution in [-0.2, 0) is 20.9 Å². The third kappa shape index (κ3) is 3.30. The van der Waals surface area contributed by atoms with Gasteiger partial charge in [-0.05, 0) is 36.8 Å². The largest absolute Gasteiger partial charge is 0.339 e. The SMILES string of the molecule is Cc1ccsc1CN(C)C(=O)CN1C(=O)C(=O)N(C2CCCC2)C1=O. The molecule has 134 valence electrons. The molecule has 7 nitrogen and oxygen atoms in total. The van der Waals surface area contributed by atoms with E-state index in [1.54, 1.807) is 18.4 Å². The molecule has 0 radical (unpaired) electrons. The van der Waals surface area contributed by atoms with Crippen molar-refractivity contribution in [2.75, 3.05) is 13.6 Å². The zero-order valence-corrected chi connectivity index (χ0v) is 15.2. The summed E-state index contributed by atoms with van der Waals surface area (Å²) in [6, 6.07) is 1.11. The second-order valence-corrected chi connectivity index (χ2v) is 7.56. The zero-order chi connectivity index (χ0) is 18.1. The van der Waals surface area contributed by atoms with E-state index in [1.165, 1.54) is 4.90 Å². The Morgan fingerprint density at radius 3 is 2.52 bits per heavy atom. The molecule has 0 N–H and O–H groups in total. The molecule has 0 spiro atoms. The topological polar surface area (TPSA) is 78.0 Å². The fraction of sp³-hybridized carbons (Fsp3) is 0.529. The van der Waals surface area contributed by atoms with Crippen LogP contribution >= 0.6 is 11.3 Å². The maximum atomic E-state index is 12.5. The highest BCUT2D eigenvalue weighted by Gasteiger charge is 2.48. The fourth-order valence-electron chi connectivity index (χ4n) is 3.27. The van der Waals surface area contributed by atoms with Crippen molar-refractivity contribution in [1.82, 2.24) is 14.7 Å². The standard InChI is InChI=1S/C17H21N3O4S/c1-11-7-8-25-13(11)9-18(2)14(21)10-19-15(22)16(23)20(17(19)24)12-5-3-4-6-12/h7-8,12H,3-6,9-10H2,1-2H3. The molecular formula is C17H21N3O4S. The molecule has 1 aliphatic heterocycles. The summed E-state index contributed by atoms with van der Waals surface area (Å²) in [5, 5.41) is 1.95. The van der Waals surface area contributed by atoms with Crippen LogP contribution in [0.25, 0.3) is 0 Å². The number of nitrogens with zero attached hydrogens (tertiary/aromatic N) is 3. The molecule has 2 aliphatic rings. The second kappa shape index (κ2) is 6.95. The highest BCUT2D eigenvalue weighted by Crippen LogP contribution is 2.27. The van der Waals surface area contributed by atoms with E-state index in [4.69, 9.17) is 0 Å². The Hall–Kier alpha value is -2.22. The molecule has 2 fully saturated rings. The van der Waals surface area contributed by atoms with Gasteiger partial charge >= 0.3 is 17.8 Å². The number of likely N-dealkylation sites (N-methyl/N-ethyl adjacent to an activating group) is 1. The average Bonchev–Trinajstić information content (AvgIpc) is 3.27. The predicted octanol–water partition coefficient (Wildman–Crippen LogP) is 1.75. The molecule has 5 amide bonds. The summed E-state index contributed by atoms with van der Waals surface area (Å²) in [7, 11) is 1.63. The molecule has 2 heterocycles. The second-order valence-electron chi connectivity index (χ2n) is 6.56. The molecule has 1 aliphatic carbocycles. The van der Waals surface area contributed by atoms with E-state index in [1.807, 2.05) is 18.4 Å². The lowest BCUT2D eigenvalue weighted by Gasteiger charge is -2.22. The maximum absolute atomic E-state index is 12.5. The van der Waals surface area contributed by atoms with Crippen molar-refractivity contribution in [3.05, 3.63) is 21.9 Å². The van der Waals surface area contributed by atoms with Gasteiger partial charge in [-0.15, -0.1) is 11.3 Å². The Morgan fingerprint density at radius 1 is 1.24 bits per heavy atom. The third-order valence-electron chi connectivity index (χ3n) is 4.84. The van der Waals surface area contributed by atoms with Gasteiger partial charge < -0.3 is 4.90 Å². The van der Waals surface area contributed by atoms with Crippen LogP contribution in [0, 0.1) is 6.92 Å². The quantitative estimate of drug-likeness (QED) is 0.590. The van der Waals surface area contributed by atoms with Crippen LogP contribution in [0.4, 0.5) is 4.79 Å². The first-order chi connectivity index (χ1) is 11.9. The van der Waals surface area contributed by atoms with Gasteiger partial charge in [0.2, 0.25) is 5.91 Å². The van der Waals surface area contributed by atoms with E-state index >= 15 is 0 Å². The van der Waals surface area contributed by atoms with Crippen LogP contribution < -0.4 is 0 Å².